The lowest BCUT2D eigenvalue weighted by Gasteiger charge is -2.28. The Balaban J connectivity index is 1.55. The number of carbonyl (C=O) groups excluding carboxylic acids is 3. The summed E-state index contributed by atoms with van der Waals surface area (Å²) in [6.07, 6.45) is -1.33. The Morgan fingerprint density at radius 1 is 1.29 bits per heavy atom. The molecule has 2 heterocycles. The topological polar surface area (TPSA) is 156 Å². The SMILES string of the molecule is NC(=O)c1c(OCc2c(F)cc(Br)cc2F)nsc1NC(=O)NCCC(O)C(=O)N1CCOCC1. The van der Waals surface area contributed by atoms with Crippen LogP contribution < -0.4 is 21.1 Å². The van der Waals surface area contributed by atoms with Gasteiger partial charge in [0.25, 0.3) is 11.8 Å². The zero-order valence-corrected chi connectivity index (χ0v) is 20.6. The number of primary amides is 1. The number of carbonyl (C=O) groups is 3. The number of aliphatic hydroxyl groups is 1. The molecule has 35 heavy (non-hydrogen) atoms. The van der Waals surface area contributed by atoms with Crippen LogP contribution in [0.5, 0.6) is 5.88 Å². The fourth-order valence-electron chi connectivity index (χ4n) is 3.11. The van der Waals surface area contributed by atoms with Crippen LogP contribution in [0.25, 0.3) is 0 Å². The lowest BCUT2D eigenvalue weighted by atomic mass is 10.2. The first kappa shape index (κ1) is 26.7. The number of halogens is 3. The number of hydrogen-bond donors (Lipinski definition) is 4. The second-order valence-electron chi connectivity index (χ2n) is 7.32. The van der Waals surface area contributed by atoms with Crippen molar-refractivity contribution >= 4 is 50.3 Å². The number of anilines is 1. The maximum atomic E-state index is 14.0. The van der Waals surface area contributed by atoms with E-state index in [9.17, 15) is 28.3 Å². The van der Waals surface area contributed by atoms with Crippen LogP contribution in [-0.4, -0.2) is 71.2 Å². The van der Waals surface area contributed by atoms with E-state index in [1.165, 1.54) is 4.90 Å². The number of aromatic nitrogens is 1. The Morgan fingerprint density at radius 3 is 2.57 bits per heavy atom. The molecule has 0 aliphatic carbocycles. The van der Waals surface area contributed by atoms with Crippen molar-refractivity contribution in [1.82, 2.24) is 14.6 Å². The van der Waals surface area contributed by atoms with E-state index in [4.69, 9.17) is 15.2 Å². The van der Waals surface area contributed by atoms with Crippen molar-refractivity contribution in [2.75, 3.05) is 38.2 Å². The Bertz CT molecular complexity index is 1070. The molecule has 1 aliphatic heterocycles. The quantitative estimate of drug-likeness (QED) is 0.352. The molecule has 1 unspecified atom stereocenters. The molecular weight excluding hydrogens is 556 g/mol. The van der Waals surface area contributed by atoms with Crippen molar-refractivity contribution in [2.24, 2.45) is 5.73 Å². The van der Waals surface area contributed by atoms with E-state index in [1.54, 1.807) is 0 Å². The summed E-state index contributed by atoms with van der Waals surface area (Å²) in [5.74, 6) is -3.45. The van der Waals surface area contributed by atoms with E-state index in [0.29, 0.717) is 37.8 Å². The van der Waals surface area contributed by atoms with Crippen molar-refractivity contribution in [3.05, 3.63) is 39.4 Å². The molecule has 15 heteroatoms. The first-order valence-corrected chi connectivity index (χ1v) is 11.9. The molecule has 0 radical (unpaired) electrons. The van der Waals surface area contributed by atoms with E-state index in [0.717, 1.165) is 12.1 Å². The molecule has 3 rings (SSSR count). The van der Waals surface area contributed by atoms with Crippen LogP contribution in [0.1, 0.15) is 22.3 Å². The molecule has 0 saturated carbocycles. The first-order chi connectivity index (χ1) is 16.7. The minimum absolute atomic E-state index is 0.0341. The Labute approximate surface area is 210 Å². The summed E-state index contributed by atoms with van der Waals surface area (Å²) in [6, 6.07) is 1.36. The highest BCUT2D eigenvalue weighted by Crippen LogP contribution is 2.31. The molecule has 4 amide bonds. The number of nitrogens with two attached hydrogens (primary N) is 1. The van der Waals surface area contributed by atoms with E-state index >= 15 is 0 Å². The highest BCUT2D eigenvalue weighted by Gasteiger charge is 2.25. The van der Waals surface area contributed by atoms with Gasteiger partial charge < -0.3 is 30.5 Å². The number of morpholine rings is 1. The average molecular weight is 578 g/mol. The summed E-state index contributed by atoms with van der Waals surface area (Å²) in [5.41, 5.74) is 4.71. The summed E-state index contributed by atoms with van der Waals surface area (Å²) < 4.78 is 42.6. The van der Waals surface area contributed by atoms with Gasteiger partial charge in [-0.1, -0.05) is 15.9 Å². The zero-order valence-electron chi connectivity index (χ0n) is 18.2. The molecule has 1 saturated heterocycles. The summed E-state index contributed by atoms with van der Waals surface area (Å²) in [7, 11) is 0. The summed E-state index contributed by atoms with van der Waals surface area (Å²) in [6.45, 7) is 0.950. The molecule has 2 aromatic rings. The van der Waals surface area contributed by atoms with Crippen LogP contribution in [0.2, 0.25) is 0 Å². The van der Waals surface area contributed by atoms with Gasteiger partial charge in [-0.05, 0) is 30.1 Å². The van der Waals surface area contributed by atoms with Crippen LogP contribution in [0.15, 0.2) is 16.6 Å². The largest absolute Gasteiger partial charge is 0.471 e. The van der Waals surface area contributed by atoms with E-state index in [2.05, 4.69) is 30.9 Å². The maximum absolute atomic E-state index is 14.0. The van der Waals surface area contributed by atoms with Gasteiger partial charge in [-0.2, -0.15) is 4.37 Å². The molecule has 0 bridgehead atoms. The molecule has 1 aromatic heterocycles. The number of amides is 4. The van der Waals surface area contributed by atoms with Crippen LogP contribution in [0, 0.1) is 11.6 Å². The fourth-order valence-corrected chi connectivity index (χ4v) is 4.25. The summed E-state index contributed by atoms with van der Waals surface area (Å²) >= 11 is 3.65. The van der Waals surface area contributed by atoms with Gasteiger partial charge in [0.05, 0.1) is 18.8 Å². The zero-order chi connectivity index (χ0) is 25.5. The van der Waals surface area contributed by atoms with Gasteiger partial charge >= 0.3 is 6.03 Å². The molecule has 190 valence electrons. The van der Waals surface area contributed by atoms with Crippen LogP contribution >= 0.6 is 27.5 Å². The van der Waals surface area contributed by atoms with Gasteiger partial charge in [-0.3, -0.25) is 14.9 Å². The Hall–Kier alpha value is -2.88. The smallest absolute Gasteiger partial charge is 0.319 e. The normalized spacial score (nSPS) is 14.3. The highest BCUT2D eigenvalue weighted by atomic mass is 79.9. The molecule has 5 N–H and O–H groups in total. The first-order valence-electron chi connectivity index (χ1n) is 10.3. The summed E-state index contributed by atoms with van der Waals surface area (Å²) in [5, 5.41) is 14.8. The minimum Gasteiger partial charge on any atom is -0.471 e. The van der Waals surface area contributed by atoms with E-state index < -0.39 is 42.2 Å². The third kappa shape index (κ3) is 7.06. The Morgan fingerprint density at radius 2 is 1.94 bits per heavy atom. The summed E-state index contributed by atoms with van der Waals surface area (Å²) in [4.78, 5) is 37.8. The van der Waals surface area contributed by atoms with Crippen molar-refractivity contribution < 1.29 is 37.7 Å². The average Bonchev–Trinajstić information content (AvgIpc) is 3.20. The number of rotatable bonds is 9. The monoisotopic (exact) mass is 577 g/mol. The van der Waals surface area contributed by atoms with Crippen LogP contribution in [0.4, 0.5) is 18.6 Å². The minimum atomic E-state index is -1.29. The van der Waals surface area contributed by atoms with Crippen LogP contribution in [0.3, 0.4) is 0 Å². The van der Waals surface area contributed by atoms with Gasteiger partial charge in [0, 0.05) is 24.1 Å². The van der Waals surface area contributed by atoms with Gasteiger partial charge in [0.2, 0.25) is 5.88 Å². The second-order valence-corrected chi connectivity index (χ2v) is 9.00. The molecule has 1 aromatic carbocycles. The van der Waals surface area contributed by atoms with Crippen molar-refractivity contribution in [3.63, 3.8) is 0 Å². The number of nitrogens with one attached hydrogen (secondary N) is 2. The molecule has 1 fully saturated rings. The fraction of sp³-hybridized carbons (Fsp3) is 0.400. The predicted molar refractivity (Wildman–Crippen MR) is 124 cm³/mol. The number of nitrogens with zero attached hydrogens (tertiary/aromatic N) is 2. The number of urea groups is 1. The molecule has 1 atom stereocenters. The molecule has 0 spiro atoms. The number of ether oxygens (including phenoxy) is 2. The highest BCUT2D eigenvalue weighted by molar-refractivity contribution is 9.10. The third-order valence-electron chi connectivity index (χ3n) is 4.90. The van der Waals surface area contributed by atoms with Gasteiger partial charge in [0.1, 0.15) is 34.9 Å². The maximum Gasteiger partial charge on any atom is 0.319 e. The van der Waals surface area contributed by atoms with Crippen molar-refractivity contribution in [3.8, 4) is 5.88 Å². The molecular formula is C20H22BrF2N5O6S. The van der Waals surface area contributed by atoms with Gasteiger partial charge in [-0.25, -0.2) is 13.6 Å². The second kappa shape index (κ2) is 12.2. The standard InChI is InChI=1S/C20H22BrF2N5O6S/c21-10-7-12(22)11(13(23)8-10)9-34-17-15(16(24)30)18(35-27-17)26-20(32)25-2-1-14(29)19(31)28-3-5-33-6-4-28/h7-8,14,29H,1-6,9H2,(H2,24,30)(H2,25,26,32). The van der Waals surface area contributed by atoms with E-state index in [-0.39, 0.29) is 39.4 Å². The number of benzene rings is 1. The van der Waals surface area contributed by atoms with Gasteiger partial charge in [0.15, 0.2) is 0 Å². The number of aliphatic hydroxyl groups excluding tert-OH is 1. The lowest BCUT2D eigenvalue weighted by molar-refractivity contribution is -0.144. The third-order valence-corrected chi connectivity index (χ3v) is 6.11. The number of hydrogen-bond acceptors (Lipinski definition) is 8. The molecule has 11 nitrogen and oxygen atoms in total. The predicted octanol–water partition coefficient (Wildman–Crippen LogP) is 1.59. The van der Waals surface area contributed by atoms with E-state index in [1.807, 2.05) is 0 Å². The van der Waals surface area contributed by atoms with Crippen molar-refractivity contribution in [1.29, 1.82) is 0 Å². The van der Waals surface area contributed by atoms with Crippen molar-refractivity contribution in [2.45, 2.75) is 19.1 Å². The lowest BCUT2D eigenvalue weighted by Crippen LogP contribution is -2.46. The van der Waals surface area contributed by atoms with Crippen LogP contribution in [-0.2, 0) is 16.1 Å². The molecule has 1 aliphatic rings. The Kier molecular flexibility index (Phi) is 9.31. The van der Waals surface area contributed by atoms with Gasteiger partial charge in [-0.15, -0.1) is 0 Å².